The topological polar surface area (TPSA) is 67.8 Å². The number of fused-ring (bicyclic) bond motifs is 1. The lowest BCUT2D eigenvalue weighted by molar-refractivity contribution is -0.122. The lowest BCUT2D eigenvalue weighted by Crippen LogP contribution is -2.36. The van der Waals surface area contributed by atoms with Crippen LogP contribution in [-0.4, -0.2) is 54.7 Å². The molecule has 4 rings (SSSR count). The number of hydrogen-bond acceptors (Lipinski definition) is 6. The number of rotatable bonds is 6. The summed E-state index contributed by atoms with van der Waals surface area (Å²) in [6.07, 6.45) is 10.8. The average Bonchev–Trinajstić information content (AvgIpc) is 2.90. The second-order valence-electron chi connectivity index (χ2n) is 9.24. The third-order valence-corrected chi connectivity index (χ3v) is 6.67. The van der Waals surface area contributed by atoms with Crippen LogP contribution in [0.5, 0.6) is 5.75 Å². The van der Waals surface area contributed by atoms with Crippen LogP contribution < -0.4 is 9.64 Å². The lowest BCUT2D eigenvalue weighted by Gasteiger charge is -2.30. The molecule has 0 spiro atoms. The number of amides is 1. The van der Waals surface area contributed by atoms with Gasteiger partial charge in [0.05, 0.1) is 7.11 Å². The number of para-hydroxylation sites is 1. The van der Waals surface area contributed by atoms with Crippen molar-refractivity contribution < 1.29 is 14.3 Å². The van der Waals surface area contributed by atoms with Crippen LogP contribution >= 0.6 is 0 Å². The largest absolute Gasteiger partial charge is 0.496 e. The lowest BCUT2D eigenvalue weighted by atomic mass is 10.0. The van der Waals surface area contributed by atoms with Crippen LogP contribution in [0.25, 0.3) is 11.1 Å². The minimum Gasteiger partial charge on any atom is -0.496 e. The van der Waals surface area contributed by atoms with Gasteiger partial charge in [0, 0.05) is 56.0 Å². The smallest absolute Gasteiger partial charge is 0.252 e. The molecule has 0 atom stereocenters. The Morgan fingerprint density at radius 2 is 1.67 bits per heavy atom. The van der Waals surface area contributed by atoms with Crippen molar-refractivity contribution >= 4 is 11.6 Å². The first-order valence-electron chi connectivity index (χ1n) is 12.7. The maximum absolute atomic E-state index is 13.1. The van der Waals surface area contributed by atoms with Gasteiger partial charge in [-0.25, -0.2) is 9.97 Å². The number of aromatic nitrogens is 2. The van der Waals surface area contributed by atoms with Gasteiger partial charge in [-0.05, 0) is 48.7 Å². The molecule has 7 heteroatoms. The molecule has 1 aliphatic rings. The van der Waals surface area contributed by atoms with Crippen molar-refractivity contribution in [3.63, 3.8) is 0 Å². The van der Waals surface area contributed by atoms with E-state index in [1.54, 1.807) is 14.2 Å². The first-order valence-corrected chi connectivity index (χ1v) is 12.7. The first kappa shape index (κ1) is 25.8. The summed E-state index contributed by atoms with van der Waals surface area (Å²) in [7, 11) is 3.29. The van der Waals surface area contributed by atoms with Crippen molar-refractivity contribution in [2.45, 2.75) is 45.2 Å². The van der Waals surface area contributed by atoms with Crippen LogP contribution in [0, 0.1) is 0 Å². The molecule has 1 aliphatic heterocycles. The molecule has 0 unspecified atom stereocenters. The number of benzene rings is 2. The van der Waals surface area contributed by atoms with Gasteiger partial charge < -0.3 is 14.4 Å². The summed E-state index contributed by atoms with van der Waals surface area (Å²) in [5, 5.41) is 0. The van der Waals surface area contributed by atoms with Gasteiger partial charge in [0.1, 0.15) is 18.7 Å². The zero-order valence-corrected chi connectivity index (χ0v) is 21.4. The highest BCUT2D eigenvalue weighted by Crippen LogP contribution is 2.31. The molecule has 2 heterocycles. The molecule has 0 aliphatic carbocycles. The number of anilines is 1. The van der Waals surface area contributed by atoms with Crippen molar-refractivity contribution in [3.05, 3.63) is 72.3 Å². The van der Waals surface area contributed by atoms with E-state index in [4.69, 9.17) is 9.47 Å². The Morgan fingerprint density at radius 3 is 2.44 bits per heavy atom. The Morgan fingerprint density at radius 1 is 0.917 bits per heavy atom. The van der Waals surface area contributed by atoms with Crippen LogP contribution in [-0.2, 0) is 22.6 Å². The van der Waals surface area contributed by atoms with E-state index >= 15 is 0 Å². The minimum atomic E-state index is -0.0112. The van der Waals surface area contributed by atoms with Gasteiger partial charge in [0.25, 0.3) is 5.91 Å². The monoisotopic (exact) mass is 488 g/mol. The second kappa shape index (κ2) is 13.1. The summed E-state index contributed by atoms with van der Waals surface area (Å²) < 4.78 is 10.9. The van der Waals surface area contributed by atoms with Crippen LogP contribution in [0.2, 0.25) is 0 Å². The average molecular weight is 489 g/mol. The minimum absolute atomic E-state index is 0.0112. The van der Waals surface area contributed by atoms with Crippen LogP contribution in [0.3, 0.4) is 0 Å². The molecule has 3 aromatic rings. The number of nitrogens with zero attached hydrogens (tertiary/aromatic N) is 4. The van der Waals surface area contributed by atoms with Gasteiger partial charge >= 0.3 is 0 Å². The van der Waals surface area contributed by atoms with Gasteiger partial charge in [-0.1, -0.05) is 43.5 Å². The normalized spacial score (nSPS) is 15.4. The van der Waals surface area contributed by atoms with Crippen molar-refractivity contribution in [2.75, 3.05) is 38.8 Å². The Bertz CT molecular complexity index is 1120. The van der Waals surface area contributed by atoms with Crippen LogP contribution in [0.4, 0.5) is 5.69 Å². The summed E-state index contributed by atoms with van der Waals surface area (Å²) in [4.78, 5) is 25.9. The molecule has 190 valence electrons. The number of carbonyl (C=O) groups excluding carboxylic acids is 1. The SMILES string of the molecule is COCC(=O)N1CCCCCCCN(Cc2ccccc2OC)Cc2cc(-c3cncnc3)ccc21. The highest BCUT2D eigenvalue weighted by molar-refractivity contribution is 5.95. The van der Waals surface area contributed by atoms with E-state index in [2.05, 4.69) is 45.2 Å². The molecule has 0 radical (unpaired) electrons. The summed E-state index contributed by atoms with van der Waals surface area (Å²) in [6.45, 7) is 3.22. The fraction of sp³-hybridized carbons (Fsp3) is 0.414. The predicted molar refractivity (Wildman–Crippen MR) is 142 cm³/mol. The van der Waals surface area contributed by atoms with Crippen molar-refractivity contribution in [1.29, 1.82) is 0 Å². The zero-order valence-electron chi connectivity index (χ0n) is 21.4. The zero-order chi connectivity index (χ0) is 25.2. The molecule has 7 nitrogen and oxygen atoms in total. The molecule has 0 fully saturated rings. The Kier molecular flexibility index (Phi) is 9.41. The molecule has 1 amide bonds. The quantitative estimate of drug-likeness (QED) is 0.481. The van der Waals surface area contributed by atoms with Crippen LogP contribution in [0.15, 0.2) is 61.2 Å². The second-order valence-corrected chi connectivity index (χ2v) is 9.24. The van der Waals surface area contributed by atoms with E-state index in [9.17, 15) is 4.79 Å². The summed E-state index contributed by atoms with van der Waals surface area (Å²) in [5.74, 6) is 0.888. The molecule has 36 heavy (non-hydrogen) atoms. The third-order valence-electron chi connectivity index (χ3n) is 6.67. The van der Waals surface area contributed by atoms with E-state index in [-0.39, 0.29) is 12.5 Å². The van der Waals surface area contributed by atoms with E-state index in [0.717, 1.165) is 66.0 Å². The molecule has 0 saturated carbocycles. The fourth-order valence-electron chi connectivity index (χ4n) is 4.85. The number of ether oxygens (including phenoxy) is 2. The van der Waals surface area contributed by atoms with Crippen LogP contribution in [0.1, 0.15) is 43.2 Å². The predicted octanol–water partition coefficient (Wildman–Crippen LogP) is 5.10. The number of carbonyl (C=O) groups is 1. The maximum atomic E-state index is 13.1. The van der Waals surface area contributed by atoms with Gasteiger partial charge in [-0.2, -0.15) is 0 Å². The number of hydrogen-bond donors (Lipinski definition) is 0. The van der Waals surface area contributed by atoms with Gasteiger partial charge in [0.2, 0.25) is 0 Å². The van der Waals surface area contributed by atoms with Gasteiger partial charge in [-0.15, -0.1) is 0 Å². The Hall–Kier alpha value is -3.29. The van der Waals surface area contributed by atoms with E-state index in [0.29, 0.717) is 13.1 Å². The van der Waals surface area contributed by atoms with Crippen molar-refractivity contribution in [1.82, 2.24) is 14.9 Å². The Labute approximate surface area is 214 Å². The first-order chi connectivity index (χ1) is 17.7. The van der Waals surface area contributed by atoms with E-state index < -0.39 is 0 Å². The van der Waals surface area contributed by atoms with Crippen molar-refractivity contribution in [3.8, 4) is 16.9 Å². The number of methoxy groups -OCH3 is 2. The summed E-state index contributed by atoms with van der Waals surface area (Å²) in [5.41, 5.74) is 5.21. The van der Waals surface area contributed by atoms with Crippen molar-refractivity contribution in [2.24, 2.45) is 0 Å². The molecular weight excluding hydrogens is 452 g/mol. The highest BCUT2D eigenvalue weighted by atomic mass is 16.5. The molecule has 0 N–H and O–H groups in total. The fourth-order valence-corrected chi connectivity index (χ4v) is 4.85. The molecular formula is C29H36N4O3. The molecule has 2 aromatic carbocycles. The van der Waals surface area contributed by atoms with Gasteiger partial charge in [-0.3, -0.25) is 9.69 Å². The maximum Gasteiger partial charge on any atom is 0.252 e. The molecule has 1 aromatic heterocycles. The Balaban J connectivity index is 1.74. The highest BCUT2D eigenvalue weighted by Gasteiger charge is 2.22. The summed E-state index contributed by atoms with van der Waals surface area (Å²) >= 11 is 0. The van der Waals surface area contributed by atoms with E-state index in [1.165, 1.54) is 19.2 Å². The molecule has 0 saturated heterocycles. The van der Waals surface area contributed by atoms with E-state index in [1.807, 2.05) is 29.4 Å². The molecule has 0 bridgehead atoms. The van der Waals surface area contributed by atoms with Gasteiger partial charge in [0.15, 0.2) is 0 Å². The summed E-state index contributed by atoms with van der Waals surface area (Å²) in [6, 6.07) is 14.5. The third kappa shape index (κ3) is 6.68. The standard InChI is InChI=1S/C29H36N4O3/c1-35-21-29(34)33-15-9-5-3-4-8-14-32(19-24-10-6-7-11-28(24)36-2)20-25-16-23(12-13-27(25)33)26-17-30-22-31-18-26/h6-7,10-13,16-18,22H,3-5,8-9,14-15,19-21H2,1-2H3.